The Labute approximate surface area is 131 Å². The zero-order chi connectivity index (χ0) is 17.3. The number of sulfone groups is 1. The normalized spacial score (nSPS) is 12.0. The highest BCUT2D eigenvalue weighted by atomic mass is 32.2. The van der Waals surface area contributed by atoms with Crippen molar-refractivity contribution < 1.29 is 31.1 Å². The van der Waals surface area contributed by atoms with E-state index in [4.69, 9.17) is 9.47 Å². The van der Waals surface area contributed by atoms with E-state index in [9.17, 15) is 21.6 Å². The van der Waals surface area contributed by atoms with Gasteiger partial charge in [0.2, 0.25) is 9.84 Å². The summed E-state index contributed by atoms with van der Waals surface area (Å²) >= 11 is 0. The van der Waals surface area contributed by atoms with Gasteiger partial charge in [0, 0.05) is 6.07 Å². The number of methoxy groups -OCH3 is 2. The van der Waals surface area contributed by atoms with Gasteiger partial charge in [-0.05, 0) is 36.4 Å². The molecular formula is C15H13F3O4S. The van der Waals surface area contributed by atoms with E-state index in [1.54, 1.807) is 0 Å². The van der Waals surface area contributed by atoms with Gasteiger partial charge in [-0.25, -0.2) is 8.42 Å². The zero-order valence-corrected chi connectivity index (χ0v) is 13.0. The molecule has 0 aromatic heterocycles. The molecule has 0 aliphatic carbocycles. The first-order chi connectivity index (χ1) is 10.7. The lowest BCUT2D eigenvalue weighted by atomic mass is 10.2. The fraction of sp³-hybridized carbons (Fsp3) is 0.200. The maximum atomic E-state index is 12.6. The summed E-state index contributed by atoms with van der Waals surface area (Å²) in [6, 6.07) is 7.46. The van der Waals surface area contributed by atoms with Crippen LogP contribution >= 0.6 is 0 Å². The topological polar surface area (TPSA) is 52.6 Å². The third-order valence-corrected chi connectivity index (χ3v) is 4.94. The van der Waals surface area contributed by atoms with Crippen LogP contribution in [0.2, 0.25) is 0 Å². The minimum Gasteiger partial charge on any atom is -0.497 e. The van der Waals surface area contributed by atoms with Crippen LogP contribution in [0.5, 0.6) is 11.5 Å². The van der Waals surface area contributed by atoms with Crippen molar-refractivity contribution in [2.45, 2.75) is 16.0 Å². The van der Waals surface area contributed by atoms with Crippen molar-refractivity contribution in [3.05, 3.63) is 48.0 Å². The largest absolute Gasteiger partial charge is 0.497 e. The Morgan fingerprint density at radius 1 is 0.913 bits per heavy atom. The van der Waals surface area contributed by atoms with Gasteiger partial charge in [0.05, 0.1) is 24.7 Å². The molecular weight excluding hydrogens is 333 g/mol. The molecule has 8 heteroatoms. The molecule has 2 rings (SSSR count). The second-order valence-corrected chi connectivity index (χ2v) is 6.46. The van der Waals surface area contributed by atoms with Crippen LogP contribution in [0.25, 0.3) is 0 Å². The maximum Gasteiger partial charge on any atom is 0.416 e. The lowest BCUT2D eigenvalue weighted by molar-refractivity contribution is -0.137. The first-order valence-corrected chi connectivity index (χ1v) is 7.83. The second-order valence-electron chi connectivity index (χ2n) is 4.54. The summed E-state index contributed by atoms with van der Waals surface area (Å²) in [5.74, 6) is 0.363. The molecule has 0 N–H and O–H groups in total. The number of hydrogen-bond donors (Lipinski definition) is 0. The van der Waals surface area contributed by atoms with E-state index in [2.05, 4.69) is 0 Å². The number of halogens is 3. The molecule has 0 spiro atoms. The highest BCUT2D eigenvalue weighted by Gasteiger charge is 2.31. The number of rotatable bonds is 4. The van der Waals surface area contributed by atoms with E-state index >= 15 is 0 Å². The summed E-state index contributed by atoms with van der Waals surface area (Å²) in [5, 5.41) is 0. The molecule has 0 aliphatic heterocycles. The predicted molar refractivity (Wildman–Crippen MR) is 76.4 cm³/mol. The van der Waals surface area contributed by atoms with Crippen molar-refractivity contribution in [3.63, 3.8) is 0 Å². The van der Waals surface area contributed by atoms with E-state index in [1.165, 1.54) is 32.4 Å². The summed E-state index contributed by atoms with van der Waals surface area (Å²) in [5.41, 5.74) is -0.922. The highest BCUT2D eigenvalue weighted by Crippen LogP contribution is 2.34. The predicted octanol–water partition coefficient (Wildman–Crippen LogP) is 3.56. The first kappa shape index (κ1) is 17.1. The number of benzene rings is 2. The second kappa shape index (κ2) is 6.11. The molecule has 0 radical (unpaired) electrons. The van der Waals surface area contributed by atoms with E-state index in [0.717, 1.165) is 24.3 Å². The number of hydrogen-bond acceptors (Lipinski definition) is 4. The van der Waals surface area contributed by atoms with E-state index in [0.29, 0.717) is 0 Å². The van der Waals surface area contributed by atoms with Crippen molar-refractivity contribution in [1.82, 2.24) is 0 Å². The average molecular weight is 346 g/mol. The molecule has 0 bridgehead atoms. The monoisotopic (exact) mass is 346 g/mol. The fourth-order valence-corrected chi connectivity index (χ4v) is 3.38. The van der Waals surface area contributed by atoms with Crippen molar-refractivity contribution >= 4 is 9.84 Å². The van der Waals surface area contributed by atoms with Crippen LogP contribution in [0.3, 0.4) is 0 Å². The SMILES string of the molecule is COc1ccc(OC)c(S(=O)(=O)c2ccc(C(F)(F)F)cc2)c1. The van der Waals surface area contributed by atoms with Crippen LogP contribution in [-0.2, 0) is 16.0 Å². The van der Waals surface area contributed by atoms with Gasteiger partial charge in [-0.15, -0.1) is 0 Å². The standard InChI is InChI=1S/C15H13F3O4S/c1-21-11-5-8-13(22-2)14(9-11)23(19,20)12-6-3-10(4-7-12)15(16,17)18/h3-9H,1-2H3. The van der Waals surface area contributed by atoms with Crippen molar-refractivity contribution in [1.29, 1.82) is 0 Å². The molecule has 2 aromatic rings. The van der Waals surface area contributed by atoms with Crippen LogP contribution in [-0.4, -0.2) is 22.6 Å². The van der Waals surface area contributed by atoms with Crippen LogP contribution < -0.4 is 9.47 Å². The maximum absolute atomic E-state index is 12.6. The Hall–Kier alpha value is -2.22. The Morgan fingerprint density at radius 3 is 2.00 bits per heavy atom. The van der Waals surface area contributed by atoms with E-state index in [1.807, 2.05) is 0 Å². The van der Waals surface area contributed by atoms with Gasteiger partial charge in [0.25, 0.3) is 0 Å². The van der Waals surface area contributed by atoms with Gasteiger partial charge in [-0.2, -0.15) is 13.2 Å². The molecule has 4 nitrogen and oxygen atoms in total. The summed E-state index contributed by atoms with van der Waals surface area (Å²) < 4.78 is 73.0. The third kappa shape index (κ3) is 3.42. The molecule has 0 heterocycles. The molecule has 0 aliphatic rings. The average Bonchev–Trinajstić information content (AvgIpc) is 2.53. The third-order valence-electron chi connectivity index (χ3n) is 3.15. The smallest absolute Gasteiger partial charge is 0.416 e. The molecule has 0 unspecified atom stereocenters. The Balaban J connectivity index is 2.54. The van der Waals surface area contributed by atoms with Gasteiger partial charge in [0.1, 0.15) is 16.4 Å². The van der Waals surface area contributed by atoms with Crippen molar-refractivity contribution in [2.75, 3.05) is 14.2 Å². The highest BCUT2D eigenvalue weighted by molar-refractivity contribution is 7.91. The van der Waals surface area contributed by atoms with Crippen LogP contribution in [0.4, 0.5) is 13.2 Å². The minimum absolute atomic E-state index is 0.0747. The molecule has 0 saturated heterocycles. The fourth-order valence-electron chi connectivity index (χ4n) is 1.94. The van der Waals surface area contributed by atoms with E-state index in [-0.39, 0.29) is 21.3 Å². The van der Waals surface area contributed by atoms with Crippen molar-refractivity contribution in [3.8, 4) is 11.5 Å². The van der Waals surface area contributed by atoms with Gasteiger partial charge >= 0.3 is 6.18 Å². The summed E-state index contributed by atoms with van der Waals surface area (Å²) in [6.45, 7) is 0. The molecule has 0 fully saturated rings. The van der Waals surface area contributed by atoms with Crippen LogP contribution in [0.15, 0.2) is 52.3 Å². The number of alkyl halides is 3. The Bertz CT molecular complexity index is 796. The molecule has 0 atom stereocenters. The molecule has 124 valence electrons. The van der Waals surface area contributed by atoms with Crippen LogP contribution in [0.1, 0.15) is 5.56 Å². The summed E-state index contributed by atoms with van der Waals surface area (Å²) in [6.07, 6.45) is -4.53. The number of ether oxygens (including phenoxy) is 2. The minimum atomic E-state index is -4.53. The Morgan fingerprint density at radius 2 is 1.52 bits per heavy atom. The Kier molecular flexibility index (Phi) is 4.56. The van der Waals surface area contributed by atoms with Crippen molar-refractivity contribution in [2.24, 2.45) is 0 Å². The van der Waals surface area contributed by atoms with Gasteiger partial charge in [-0.3, -0.25) is 0 Å². The molecule has 0 saturated carbocycles. The summed E-state index contributed by atoms with van der Waals surface area (Å²) in [7, 11) is -1.38. The first-order valence-electron chi connectivity index (χ1n) is 6.34. The molecule has 23 heavy (non-hydrogen) atoms. The zero-order valence-electron chi connectivity index (χ0n) is 12.2. The summed E-state index contributed by atoms with van der Waals surface area (Å²) in [4.78, 5) is -0.448. The molecule has 2 aromatic carbocycles. The van der Waals surface area contributed by atoms with Gasteiger partial charge in [-0.1, -0.05) is 0 Å². The van der Waals surface area contributed by atoms with Crippen LogP contribution in [0, 0.1) is 0 Å². The quantitative estimate of drug-likeness (QED) is 0.849. The van der Waals surface area contributed by atoms with E-state index < -0.39 is 21.6 Å². The lowest BCUT2D eigenvalue weighted by Gasteiger charge is -2.12. The molecule has 0 amide bonds. The van der Waals surface area contributed by atoms with Gasteiger partial charge in [0.15, 0.2) is 0 Å². The van der Waals surface area contributed by atoms with Gasteiger partial charge < -0.3 is 9.47 Å². The lowest BCUT2D eigenvalue weighted by Crippen LogP contribution is -2.07.